The van der Waals surface area contributed by atoms with Gasteiger partial charge in [0, 0.05) is 11.5 Å². The molecule has 3 aromatic rings. The van der Waals surface area contributed by atoms with E-state index in [-0.39, 0.29) is 0 Å². The molecule has 0 bridgehead atoms. The van der Waals surface area contributed by atoms with Crippen molar-refractivity contribution in [2.24, 2.45) is 0 Å². The number of aromatic amines is 1. The van der Waals surface area contributed by atoms with Gasteiger partial charge >= 0.3 is 0 Å². The molecule has 0 atom stereocenters. The molecule has 22 heavy (non-hydrogen) atoms. The number of hydrogen-bond donors (Lipinski definition) is 1. The summed E-state index contributed by atoms with van der Waals surface area (Å²) in [6.07, 6.45) is 2.40. The molecule has 0 amide bonds. The van der Waals surface area contributed by atoms with Crippen molar-refractivity contribution in [1.82, 2.24) is 25.3 Å². The van der Waals surface area contributed by atoms with Crippen molar-refractivity contribution >= 4 is 23.4 Å². The fourth-order valence-electron chi connectivity index (χ4n) is 2.05. The minimum atomic E-state index is 0.495. The fraction of sp³-hybridized carbons (Fsp3) is 0.286. The zero-order chi connectivity index (χ0) is 14.9. The Morgan fingerprint density at radius 1 is 1.27 bits per heavy atom. The first-order valence-electron chi connectivity index (χ1n) is 6.92. The molecule has 1 saturated carbocycles. The average molecular weight is 334 g/mol. The molecule has 4 rings (SSSR count). The molecule has 1 N–H and O–H groups in total. The third kappa shape index (κ3) is 2.86. The molecule has 1 aliphatic carbocycles. The summed E-state index contributed by atoms with van der Waals surface area (Å²) in [7, 11) is 0. The van der Waals surface area contributed by atoms with Gasteiger partial charge in [0.05, 0.1) is 10.8 Å². The first kappa shape index (κ1) is 13.8. The zero-order valence-corrected chi connectivity index (χ0v) is 13.1. The maximum Gasteiger partial charge on any atom is 0.237 e. The van der Waals surface area contributed by atoms with Crippen LogP contribution in [0.5, 0.6) is 0 Å². The van der Waals surface area contributed by atoms with E-state index >= 15 is 0 Å². The van der Waals surface area contributed by atoms with Crippen molar-refractivity contribution in [2.75, 3.05) is 0 Å². The van der Waals surface area contributed by atoms with Gasteiger partial charge in [0.1, 0.15) is 5.82 Å². The molecule has 0 aliphatic heterocycles. The number of H-pyrrole nitrogens is 1. The molecular weight excluding hydrogens is 322 g/mol. The van der Waals surface area contributed by atoms with Crippen LogP contribution in [0.1, 0.15) is 30.5 Å². The van der Waals surface area contributed by atoms with Gasteiger partial charge in [0.2, 0.25) is 16.9 Å². The molecule has 0 unspecified atom stereocenters. The highest BCUT2D eigenvalue weighted by Crippen LogP contribution is 2.38. The molecule has 2 aromatic heterocycles. The van der Waals surface area contributed by atoms with Gasteiger partial charge in [-0.05, 0) is 25.0 Å². The van der Waals surface area contributed by atoms with Gasteiger partial charge in [0.25, 0.3) is 0 Å². The molecule has 2 heterocycles. The number of hydrogen-bond acceptors (Lipinski definition) is 6. The average Bonchev–Trinajstić information content (AvgIpc) is 3.09. The monoisotopic (exact) mass is 333 g/mol. The minimum absolute atomic E-state index is 0.495. The van der Waals surface area contributed by atoms with Gasteiger partial charge in [-0.15, -0.1) is 5.10 Å². The molecule has 1 aliphatic rings. The lowest BCUT2D eigenvalue weighted by atomic mass is 10.2. The van der Waals surface area contributed by atoms with Gasteiger partial charge in [-0.3, -0.25) is 5.10 Å². The molecule has 0 radical (unpaired) electrons. The molecule has 8 heteroatoms. The summed E-state index contributed by atoms with van der Waals surface area (Å²) in [6, 6.07) is 7.42. The first-order chi connectivity index (χ1) is 10.8. The van der Waals surface area contributed by atoms with Gasteiger partial charge < -0.3 is 4.52 Å². The summed E-state index contributed by atoms with van der Waals surface area (Å²) in [5.74, 6) is 3.09. The number of thioether (sulfide) groups is 1. The fourth-order valence-corrected chi connectivity index (χ4v) is 2.92. The Morgan fingerprint density at radius 2 is 2.14 bits per heavy atom. The quantitative estimate of drug-likeness (QED) is 0.717. The Kier molecular flexibility index (Phi) is 3.59. The normalized spacial score (nSPS) is 14.4. The first-order valence-corrected chi connectivity index (χ1v) is 8.28. The third-order valence-electron chi connectivity index (χ3n) is 3.35. The highest BCUT2D eigenvalue weighted by molar-refractivity contribution is 7.98. The topological polar surface area (TPSA) is 80.5 Å². The van der Waals surface area contributed by atoms with E-state index in [1.165, 1.54) is 24.6 Å². The Balaban J connectivity index is 1.44. The van der Waals surface area contributed by atoms with E-state index in [0.29, 0.717) is 33.6 Å². The third-order valence-corrected chi connectivity index (χ3v) is 4.52. The van der Waals surface area contributed by atoms with Crippen LogP contribution in [0.2, 0.25) is 5.02 Å². The number of rotatable bonds is 5. The van der Waals surface area contributed by atoms with Crippen molar-refractivity contribution in [2.45, 2.75) is 29.7 Å². The molecule has 0 saturated heterocycles. The lowest BCUT2D eigenvalue weighted by Crippen LogP contribution is -1.85. The largest absolute Gasteiger partial charge is 0.338 e. The highest BCUT2D eigenvalue weighted by atomic mass is 35.5. The van der Waals surface area contributed by atoms with Crippen LogP contribution in [0.3, 0.4) is 0 Å². The van der Waals surface area contributed by atoms with E-state index in [2.05, 4.69) is 25.3 Å². The Hall–Kier alpha value is -1.86. The smallest absolute Gasteiger partial charge is 0.237 e. The number of nitrogens with one attached hydrogen (secondary N) is 1. The molecular formula is C14H12ClN5OS. The second kappa shape index (κ2) is 5.73. The zero-order valence-electron chi connectivity index (χ0n) is 11.5. The predicted molar refractivity (Wildman–Crippen MR) is 82.7 cm³/mol. The number of aromatic nitrogens is 5. The van der Waals surface area contributed by atoms with Crippen LogP contribution >= 0.6 is 23.4 Å². The van der Waals surface area contributed by atoms with Crippen molar-refractivity contribution in [3.05, 3.63) is 41.0 Å². The van der Waals surface area contributed by atoms with Gasteiger partial charge in [0.15, 0.2) is 0 Å². The summed E-state index contributed by atoms with van der Waals surface area (Å²) in [6.45, 7) is 0. The van der Waals surface area contributed by atoms with E-state index in [1.807, 2.05) is 18.2 Å². The van der Waals surface area contributed by atoms with Crippen LogP contribution in [-0.2, 0) is 5.75 Å². The molecule has 1 fully saturated rings. The minimum Gasteiger partial charge on any atom is -0.338 e. The van der Waals surface area contributed by atoms with Crippen LogP contribution < -0.4 is 0 Å². The summed E-state index contributed by atoms with van der Waals surface area (Å²) < 4.78 is 5.26. The highest BCUT2D eigenvalue weighted by Gasteiger charge is 2.27. The van der Waals surface area contributed by atoms with Crippen LogP contribution in [0, 0.1) is 0 Å². The Morgan fingerprint density at radius 3 is 2.95 bits per heavy atom. The number of halogens is 1. The van der Waals surface area contributed by atoms with Crippen LogP contribution in [0.25, 0.3) is 11.4 Å². The summed E-state index contributed by atoms with van der Waals surface area (Å²) in [5.41, 5.74) is 0.762. The van der Waals surface area contributed by atoms with Crippen LogP contribution in [0.4, 0.5) is 0 Å². The van der Waals surface area contributed by atoms with E-state index in [4.69, 9.17) is 16.1 Å². The van der Waals surface area contributed by atoms with E-state index in [1.54, 1.807) is 6.07 Å². The van der Waals surface area contributed by atoms with Crippen LogP contribution in [0.15, 0.2) is 33.9 Å². The van der Waals surface area contributed by atoms with Crippen molar-refractivity contribution in [3.63, 3.8) is 0 Å². The van der Waals surface area contributed by atoms with Gasteiger partial charge in [-0.1, -0.05) is 40.7 Å². The van der Waals surface area contributed by atoms with E-state index in [0.717, 1.165) is 11.4 Å². The Labute approximate surface area is 135 Å². The van der Waals surface area contributed by atoms with Crippen molar-refractivity contribution in [1.29, 1.82) is 0 Å². The standard InChI is InChI=1S/C14H12ClN5OS/c15-10-4-2-1-3-9(10)13-16-11(21-20-13)7-22-14-17-12(18-19-14)8-5-6-8/h1-4,8H,5-7H2,(H,17,18,19). The van der Waals surface area contributed by atoms with E-state index < -0.39 is 0 Å². The Bertz CT molecular complexity index is 798. The second-order valence-corrected chi connectivity index (χ2v) is 6.41. The summed E-state index contributed by atoms with van der Waals surface area (Å²) >= 11 is 7.60. The maximum absolute atomic E-state index is 6.13. The van der Waals surface area contributed by atoms with Gasteiger partial charge in [-0.2, -0.15) is 4.98 Å². The molecule has 6 nitrogen and oxygen atoms in total. The second-order valence-electron chi connectivity index (χ2n) is 5.06. The van der Waals surface area contributed by atoms with Crippen LogP contribution in [-0.4, -0.2) is 25.3 Å². The van der Waals surface area contributed by atoms with E-state index in [9.17, 15) is 0 Å². The lowest BCUT2D eigenvalue weighted by molar-refractivity contribution is 0.391. The summed E-state index contributed by atoms with van der Waals surface area (Å²) in [5, 5.41) is 12.4. The molecule has 1 aromatic carbocycles. The predicted octanol–water partition coefficient (Wildman–Crippen LogP) is 3.68. The molecule has 0 spiro atoms. The number of nitrogens with zero attached hydrogens (tertiary/aromatic N) is 4. The van der Waals surface area contributed by atoms with Gasteiger partial charge in [-0.25, -0.2) is 4.98 Å². The number of benzene rings is 1. The van der Waals surface area contributed by atoms with Crippen molar-refractivity contribution < 1.29 is 4.52 Å². The SMILES string of the molecule is Clc1ccccc1-c1noc(CSc2n[nH]c(C3CC3)n2)n1. The maximum atomic E-state index is 6.13. The molecule has 112 valence electrons. The van der Waals surface area contributed by atoms with Crippen molar-refractivity contribution in [3.8, 4) is 11.4 Å². The summed E-state index contributed by atoms with van der Waals surface area (Å²) in [4.78, 5) is 8.81. The lowest BCUT2D eigenvalue weighted by Gasteiger charge is -1.95.